The molecule has 0 unspecified atom stereocenters. The highest BCUT2D eigenvalue weighted by molar-refractivity contribution is 8.76. The van der Waals surface area contributed by atoms with E-state index < -0.39 is 24.0 Å². The third-order valence-corrected chi connectivity index (χ3v) is 8.62. The molecule has 2 N–H and O–H groups in total. The van der Waals surface area contributed by atoms with Crippen molar-refractivity contribution < 1.29 is 38.2 Å². The first kappa shape index (κ1) is 38.3. The minimum absolute atomic E-state index is 0.207. The van der Waals surface area contributed by atoms with Crippen molar-refractivity contribution in [3.63, 3.8) is 0 Å². The van der Waals surface area contributed by atoms with Gasteiger partial charge in [-0.15, -0.1) is 0 Å². The summed E-state index contributed by atoms with van der Waals surface area (Å²) >= 11 is 0. The van der Waals surface area contributed by atoms with Gasteiger partial charge in [0.1, 0.15) is 17.8 Å². The van der Waals surface area contributed by atoms with Gasteiger partial charge in [-0.3, -0.25) is 14.4 Å². The maximum Gasteiger partial charge on any atom is 0.329 e. The van der Waals surface area contributed by atoms with Crippen LogP contribution in [0.25, 0.3) is 0 Å². The van der Waals surface area contributed by atoms with E-state index in [-0.39, 0.29) is 53.0 Å². The van der Waals surface area contributed by atoms with Gasteiger partial charge >= 0.3 is 17.9 Å². The quantitative estimate of drug-likeness (QED) is 0.100. The van der Waals surface area contributed by atoms with Gasteiger partial charge in [0.25, 0.3) is 0 Å². The Labute approximate surface area is 263 Å². The van der Waals surface area contributed by atoms with Gasteiger partial charge < -0.3 is 24.8 Å². The largest absolute Gasteiger partial charge is 0.467 e. The summed E-state index contributed by atoms with van der Waals surface area (Å²) in [6.07, 6.45) is 3.08. The van der Waals surface area contributed by atoms with Gasteiger partial charge in [0, 0.05) is 30.8 Å². The maximum absolute atomic E-state index is 13.3. The van der Waals surface area contributed by atoms with Gasteiger partial charge in [0.05, 0.1) is 14.2 Å². The van der Waals surface area contributed by atoms with Crippen LogP contribution in [0.4, 0.5) is 0 Å². The zero-order valence-electron chi connectivity index (χ0n) is 26.7. The number of nitrogens with one attached hydrogen (secondary N) is 2. The van der Waals surface area contributed by atoms with Crippen LogP contribution in [0.1, 0.15) is 72.8 Å². The molecule has 0 fully saturated rings. The van der Waals surface area contributed by atoms with Crippen molar-refractivity contribution in [1.82, 2.24) is 10.6 Å². The van der Waals surface area contributed by atoms with Crippen molar-refractivity contribution in [1.29, 1.82) is 0 Å². The van der Waals surface area contributed by atoms with E-state index in [0.29, 0.717) is 18.6 Å². The first-order valence-corrected chi connectivity index (χ1v) is 16.9. The Morgan fingerprint density at radius 3 is 1.86 bits per heavy atom. The van der Waals surface area contributed by atoms with Crippen LogP contribution in [0.5, 0.6) is 5.75 Å². The number of ether oxygens (including phenoxy) is 3. The van der Waals surface area contributed by atoms with Crippen molar-refractivity contribution in [2.75, 3.05) is 25.7 Å². The average Bonchev–Trinajstić information content (AvgIpc) is 2.91. The van der Waals surface area contributed by atoms with Crippen molar-refractivity contribution in [3.8, 4) is 5.75 Å². The van der Waals surface area contributed by atoms with Crippen molar-refractivity contribution in [3.05, 3.63) is 29.8 Å². The predicted octanol–water partition coefficient (Wildman–Crippen LogP) is 4.73. The van der Waals surface area contributed by atoms with Crippen molar-refractivity contribution >= 4 is 51.3 Å². The molecule has 0 aliphatic carbocycles. The molecule has 0 aliphatic rings. The molecule has 0 heterocycles. The lowest BCUT2D eigenvalue weighted by Gasteiger charge is -2.23. The van der Waals surface area contributed by atoms with E-state index >= 15 is 0 Å². The number of rotatable bonds is 18. The highest BCUT2D eigenvalue weighted by Crippen LogP contribution is 2.25. The molecule has 242 valence electrons. The summed E-state index contributed by atoms with van der Waals surface area (Å²) in [6.45, 7) is 11.3. The molecule has 43 heavy (non-hydrogen) atoms. The van der Waals surface area contributed by atoms with E-state index in [1.165, 1.54) is 42.7 Å². The Bertz CT molecular complexity index is 1060. The molecule has 0 radical (unpaired) electrons. The molecular weight excluding hydrogens is 592 g/mol. The van der Waals surface area contributed by atoms with E-state index in [9.17, 15) is 24.0 Å². The van der Waals surface area contributed by atoms with Gasteiger partial charge in [-0.2, -0.15) is 0 Å². The highest BCUT2D eigenvalue weighted by Gasteiger charge is 2.28. The van der Waals surface area contributed by atoms with E-state index in [0.717, 1.165) is 18.4 Å². The molecule has 1 aromatic rings. The van der Waals surface area contributed by atoms with Crippen LogP contribution in [0.15, 0.2) is 24.3 Å². The fourth-order valence-corrected chi connectivity index (χ4v) is 6.54. The maximum atomic E-state index is 13.3. The summed E-state index contributed by atoms with van der Waals surface area (Å²) in [4.78, 5) is 61.5. The molecule has 2 amide bonds. The number of hydrogen-bond donors (Lipinski definition) is 2. The fourth-order valence-electron chi connectivity index (χ4n) is 4.24. The average molecular weight is 641 g/mol. The molecule has 0 aliphatic heterocycles. The Balaban J connectivity index is 2.73. The molecule has 0 aromatic heterocycles. The number of amides is 2. The topological polar surface area (TPSA) is 137 Å². The fraction of sp³-hybridized carbons (Fsp3) is 0.645. The van der Waals surface area contributed by atoms with E-state index in [4.69, 9.17) is 14.2 Å². The number of carbonyl (C=O) groups excluding carboxylic acids is 5. The minimum Gasteiger partial charge on any atom is -0.467 e. The van der Waals surface area contributed by atoms with Crippen LogP contribution >= 0.6 is 21.6 Å². The normalized spacial score (nSPS) is 13.4. The monoisotopic (exact) mass is 640 g/mol. The molecule has 1 aromatic carbocycles. The van der Waals surface area contributed by atoms with Crippen molar-refractivity contribution in [2.24, 2.45) is 17.3 Å². The lowest BCUT2D eigenvalue weighted by molar-refractivity contribution is -0.145. The standard InChI is InChI=1S/C31H48N2O8S2/c1-20(2)16-23(11-9-10-22-12-14-24(15-13-22)41-21(3)34)28(36)33-26(30(38)40-8)19-43-42-18-25(29(37)39-7)32-27(35)17-31(4,5)6/h12-15,20,23,25-26H,9-11,16-19H2,1-8H3,(H,32,35)(H,33,36)/t23-,25+,26+/m1/s1. The van der Waals surface area contributed by atoms with E-state index in [2.05, 4.69) is 24.5 Å². The second-order valence-corrected chi connectivity index (χ2v) is 14.5. The molecule has 0 spiro atoms. The van der Waals surface area contributed by atoms with Gasteiger partial charge in [-0.1, -0.05) is 68.3 Å². The Hall–Kier alpha value is -2.73. The SMILES string of the molecule is COC(=O)[C@H](CSSC[C@H](NC(=O)[C@H](CCCc1ccc(OC(C)=O)cc1)CC(C)C)C(=O)OC)NC(=O)CC(C)(C)C. The molecule has 0 bridgehead atoms. The Morgan fingerprint density at radius 1 is 0.860 bits per heavy atom. The lowest BCUT2D eigenvalue weighted by atomic mass is 9.90. The first-order chi connectivity index (χ1) is 20.1. The number of methoxy groups -OCH3 is 2. The first-order valence-electron chi connectivity index (χ1n) is 14.4. The molecule has 12 heteroatoms. The number of benzene rings is 1. The molecular formula is C31H48N2O8S2. The van der Waals surface area contributed by atoms with Crippen LogP contribution in [-0.4, -0.2) is 67.5 Å². The summed E-state index contributed by atoms with van der Waals surface area (Å²) in [5.41, 5.74) is 0.838. The van der Waals surface area contributed by atoms with Gasteiger partial charge in [-0.05, 0) is 54.7 Å². The molecule has 10 nitrogen and oxygen atoms in total. The highest BCUT2D eigenvalue weighted by atomic mass is 33.1. The van der Waals surface area contributed by atoms with Crippen LogP contribution in [0.3, 0.4) is 0 Å². The molecule has 0 saturated carbocycles. The number of aryl methyl sites for hydroxylation is 1. The molecule has 1 rings (SSSR count). The van der Waals surface area contributed by atoms with E-state index in [1.54, 1.807) is 12.1 Å². The second kappa shape index (κ2) is 19.5. The number of hydrogen-bond acceptors (Lipinski definition) is 10. The predicted molar refractivity (Wildman–Crippen MR) is 171 cm³/mol. The minimum atomic E-state index is -0.870. The zero-order chi connectivity index (χ0) is 32.6. The zero-order valence-corrected chi connectivity index (χ0v) is 28.3. The summed E-state index contributed by atoms with van der Waals surface area (Å²) in [5.74, 6) is -0.998. The summed E-state index contributed by atoms with van der Waals surface area (Å²) in [7, 11) is 5.14. The third-order valence-electron chi connectivity index (χ3n) is 6.20. The molecule has 0 saturated heterocycles. The summed E-state index contributed by atoms with van der Waals surface area (Å²) in [6, 6.07) is 5.59. The van der Waals surface area contributed by atoms with Crippen LogP contribution in [-0.2, 0) is 39.9 Å². The Morgan fingerprint density at radius 2 is 1.40 bits per heavy atom. The summed E-state index contributed by atoms with van der Waals surface area (Å²) < 4.78 is 14.9. The third kappa shape index (κ3) is 16.6. The van der Waals surface area contributed by atoms with Gasteiger partial charge in [-0.25, -0.2) is 9.59 Å². The smallest absolute Gasteiger partial charge is 0.329 e. The lowest BCUT2D eigenvalue weighted by Crippen LogP contribution is -2.46. The van der Waals surface area contributed by atoms with E-state index in [1.807, 2.05) is 32.9 Å². The molecule has 3 atom stereocenters. The Kier molecular flexibility index (Phi) is 17.4. The van der Waals surface area contributed by atoms with Crippen LogP contribution in [0.2, 0.25) is 0 Å². The second-order valence-electron chi connectivity index (χ2n) is 12.0. The van der Waals surface area contributed by atoms with Gasteiger partial charge in [0.15, 0.2) is 0 Å². The van der Waals surface area contributed by atoms with Crippen LogP contribution in [0, 0.1) is 17.3 Å². The number of esters is 3. The summed E-state index contributed by atoms with van der Waals surface area (Å²) in [5, 5.41) is 5.59. The number of carbonyl (C=O) groups is 5. The van der Waals surface area contributed by atoms with Crippen molar-refractivity contribution in [2.45, 2.75) is 85.7 Å². The van der Waals surface area contributed by atoms with Gasteiger partial charge in [0.2, 0.25) is 11.8 Å². The van der Waals surface area contributed by atoms with Crippen LogP contribution < -0.4 is 15.4 Å².